The van der Waals surface area contributed by atoms with Crippen LogP contribution in [0.2, 0.25) is 5.02 Å². The fraction of sp³-hybridized carbons (Fsp3) is 0.235. The lowest BCUT2D eigenvalue weighted by molar-refractivity contribution is -0.114. The molecule has 0 heterocycles. The van der Waals surface area contributed by atoms with Gasteiger partial charge in [-0.05, 0) is 36.6 Å². The molecule has 0 aliphatic rings. The molecule has 0 unspecified atom stereocenters. The molecule has 0 aromatic heterocycles. The van der Waals surface area contributed by atoms with Gasteiger partial charge in [0.25, 0.3) is 0 Å². The van der Waals surface area contributed by atoms with Crippen LogP contribution in [-0.2, 0) is 11.2 Å². The zero-order valence-electron chi connectivity index (χ0n) is 12.0. The van der Waals surface area contributed by atoms with Crippen LogP contribution in [0.15, 0.2) is 48.5 Å². The van der Waals surface area contributed by atoms with Gasteiger partial charge in [-0.2, -0.15) is 0 Å². The van der Waals surface area contributed by atoms with Crippen LogP contribution in [0, 0.1) is 0 Å². The number of carbonyl (C=O) groups excluding carboxylic acids is 1. The van der Waals surface area contributed by atoms with Gasteiger partial charge in [-0.3, -0.25) is 4.79 Å². The highest BCUT2D eigenvalue weighted by atomic mass is 35.5. The largest absolute Gasteiger partial charge is 0.385 e. The predicted octanol–water partition coefficient (Wildman–Crippen LogP) is 4.34. The fourth-order valence-electron chi connectivity index (χ4n) is 2.09. The van der Waals surface area contributed by atoms with Crippen LogP contribution in [0.4, 0.5) is 11.4 Å². The minimum absolute atomic E-state index is 0.125. The second kappa shape index (κ2) is 7.70. The zero-order chi connectivity index (χ0) is 15.1. The monoisotopic (exact) mass is 302 g/mol. The Kier molecular flexibility index (Phi) is 5.64. The van der Waals surface area contributed by atoms with Crippen LogP contribution >= 0.6 is 11.6 Å². The Labute approximate surface area is 130 Å². The minimum atomic E-state index is -0.125. The highest BCUT2D eigenvalue weighted by Crippen LogP contribution is 2.25. The number of aryl methyl sites for hydroxylation is 1. The molecule has 1 amide bonds. The highest BCUT2D eigenvalue weighted by molar-refractivity contribution is 6.34. The van der Waals surface area contributed by atoms with Crippen LogP contribution in [0.1, 0.15) is 18.9 Å². The van der Waals surface area contributed by atoms with Crippen molar-refractivity contribution in [2.45, 2.75) is 19.8 Å². The molecule has 0 fully saturated rings. The number of benzene rings is 2. The second-order valence-corrected chi connectivity index (χ2v) is 5.30. The van der Waals surface area contributed by atoms with Crippen LogP contribution in [0.5, 0.6) is 0 Å². The van der Waals surface area contributed by atoms with Crippen LogP contribution in [0.25, 0.3) is 0 Å². The Hall–Kier alpha value is -2.00. The fourth-order valence-corrected chi connectivity index (χ4v) is 2.31. The van der Waals surface area contributed by atoms with Crippen molar-refractivity contribution in [3.63, 3.8) is 0 Å². The first-order valence-electron chi connectivity index (χ1n) is 7.00. The molecule has 0 bridgehead atoms. The normalized spacial score (nSPS) is 10.2. The number of anilines is 2. The Morgan fingerprint density at radius 1 is 1.14 bits per heavy atom. The Morgan fingerprint density at radius 3 is 2.57 bits per heavy atom. The van der Waals surface area contributed by atoms with Crippen molar-refractivity contribution < 1.29 is 4.79 Å². The molecule has 0 aliphatic carbocycles. The second-order valence-electron chi connectivity index (χ2n) is 4.89. The van der Waals surface area contributed by atoms with Gasteiger partial charge in [0.05, 0.1) is 10.7 Å². The standard InChI is InChI=1S/C17H19ClN2O/c1-13(21)20-17-10-9-15(12-16(17)18)19-11-5-8-14-6-3-2-4-7-14/h2-4,6-7,9-10,12,19H,5,8,11H2,1H3,(H,20,21). The molecule has 0 saturated heterocycles. The van der Waals surface area contributed by atoms with Gasteiger partial charge in [-0.25, -0.2) is 0 Å². The average molecular weight is 303 g/mol. The molecule has 3 nitrogen and oxygen atoms in total. The van der Waals surface area contributed by atoms with Crippen LogP contribution in [-0.4, -0.2) is 12.5 Å². The first-order valence-corrected chi connectivity index (χ1v) is 7.38. The first kappa shape index (κ1) is 15.4. The minimum Gasteiger partial charge on any atom is -0.385 e. The maximum Gasteiger partial charge on any atom is 0.221 e. The van der Waals surface area contributed by atoms with E-state index in [-0.39, 0.29) is 5.91 Å². The molecule has 2 N–H and O–H groups in total. The number of nitrogens with one attached hydrogen (secondary N) is 2. The number of halogens is 1. The molecule has 21 heavy (non-hydrogen) atoms. The van der Waals surface area contributed by atoms with Crippen molar-refractivity contribution in [2.75, 3.05) is 17.2 Å². The van der Waals surface area contributed by atoms with Crippen LogP contribution in [0.3, 0.4) is 0 Å². The predicted molar refractivity (Wildman–Crippen MR) is 89.0 cm³/mol. The van der Waals surface area contributed by atoms with Gasteiger partial charge >= 0.3 is 0 Å². The van der Waals surface area contributed by atoms with E-state index >= 15 is 0 Å². The molecule has 0 saturated carbocycles. The van der Waals surface area contributed by atoms with E-state index in [1.165, 1.54) is 12.5 Å². The molecule has 2 aromatic rings. The summed E-state index contributed by atoms with van der Waals surface area (Å²) in [4.78, 5) is 11.0. The molecule has 0 spiro atoms. The summed E-state index contributed by atoms with van der Waals surface area (Å²) in [6.45, 7) is 2.34. The third-order valence-corrected chi connectivity index (χ3v) is 3.41. The van der Waals surface area contributed by atoms with E-state index in [1.807, 2.05) is 24.3 Å². The number of hydrogen-bond donors (Lipinski definition) is 2. The van der Waals surface area contributed by atoms with Crippen molar-refractivity contribution in [3.05, 3.63) is 59.1 Å². The number of hydrogen-bond acceptors (Lipinski definition) is 2. The van der Waals surface area contributed by atoms with Crippen molar-refractivity contribution in [2.24, 2.45) is 0 Å². The van der Waals surface area contributed by atoms with Gasteiger partial charge in [0.15, 0.2) is 0 Å². The third-order valence-electron chi connectivity index (χ3n) is 3.09. The SMILES string of the molecule is CC(=O)Nc1ccc(NCCCc2ccccc2)cc1Cl. The van der Waals surface area contributed by atoms with Gasteiger partial charge in [0, 0.05) is 19.2 Å². The van der Waals surface area contributed by atoms with Crippen molar-refractivity contribution in [1.29, 1.82) is 0 Å². The average Bonchev–Trinajstić information content (AvgIpc) is 2.47. The summed E-state index contributed by atoms with van der Waals surface area (Å²) in [6.07, 6.45) is 2.10. The molecule has 2 rings (SSSR count). The maximum absolute atomic E-state index is 11.0. The maximum atomic E-state index is 11.0. The van der Waals surface area contributed by atoms with Crippen molar-refractivity contribution in [3.8, 4) is 0 Å². The summed E-state index contributed by atoms with van der Waals surface area (Å²) in [5.74, 6) is -0.125. The quantitative estimate of drug-likeness (QED) is 0.779. The van der Waals surface area contributed by atoms with Gasteiger partial charge in [0.2, 0.25) is 5.91 Å². The summed E-state index contributed by atoms with van der Waals surface area (Å²) in [5, 5.41) is 6.57. The molecule has 2 aromatic carbocycles. The van der Waals surface area contributed by atoms with E-state index in [1.54, 1.807) is 0 Å². The molecule has 110 valence electrons. The highest BCUT2D eigenvalue weighted by Gasteiger charge is 2.03. The smallest absolute Gasteiger partial charge is 0.221 e. The molecule has 0 radical (unpaired) electrons. The lowest BCUT2D eigenvalue weighted by Gasteiger charge is -2.10. The molecular formula is C17H19ClN2O. The van der Waals surface area contributed by atoms with E-state index in [0.717, 1.165) is 25.1 Å². The molecule has 4 heteroatoms. The first-order chi connectivity index (χ1) is 10.1. The topological polar surface area (TPSA) is 41.1 Å². The third kappa shape index (κ3) is 5.12. The summed E-state index contributed by atoms with van der Waals surface area (Å²) in [7, 11) is 0. The Bertz CT molecular complexity index is 599. The van der Waals surface area contributed by atoms with Crippen molar-refractivity contribution >= 4 is 28.9 Å². The van der Waals surface area contributed by atoms with Gasteiger partial charge in [0.1, 0.15) is 0 Å². The van der Waals surface area contributed by atoms with Crippen LogP contribution < -0.4 is 10.6 Å². The Morgan fingerprint density at radius 2 is 1.90 bits per heavy atom. The van der Waals surface area contributed by atoms with E-state index in [4.69, 9.17) is 11.6 Å². The lowest BCUT2D eigenvalue weighted by atomic mass is 10.1. The lowest BCUT2D eigenvalue weighted by Crippen LogP contribution is -2.07. The van der Waals surface area contributed by atoms with Gasteiger partial charge < -0.3 is 10.6 Å². The molecule has 0 aliphatic heterocycles. The van der Waals surface area contributed by atoms with Gasteiger partial charge in [-0.15, -0.1) is 0 Å². The summed E-state index contributed by atoms with van der Waals surface area (Å²) in [6, 6.07) is 16.0. The molecule has 0 atom stereocenters. The summed E-state index contributed by atoms with van der Waals surface area (Å²) in [5.41, 5.74) is 2.94. The summed E-state index contributed by atoms with van der Waals surface area (Å²) < 4.78 is 0. The Balaban J connectivity index is 1.81. The number of amides is 1. The molecular weight excluding hydrogens is 284 g/mol. The zero-order valence-corrected chi connectivity index (χ0v) is 12.8. The van der Waals surface area contributed by atoms with E-state index in [2.05, 4.69) is 34.9 Å². The van der Waals surface area contributed by atoms with Gasteiger partial charge in [-0.1, -0.05) is 41.9 Å². The number of carbonyl (C=O) groups is 1. The van der Waals surface area contributed by atoms with E-state index in [0.29, 0.717) is 10.7 Å². The van der Waals surface area contributed by atoms with Crippen molar-refractivity contribution in [1.82, 2.24) is 0 Å². The number of rotatable bonds is 6. The summed E-state index contributed by atoms with van der Waals surface area (Å²) >= 11 is 6.13. The van der Waals surface area contributed by atoms with E-state index < -0.39 is 0 Å². The van der Waals surface area contributed by atoms with E-state index in [9.17, 15) is 4.79 Å².